The molecule has 2 heterocycles. The summed E-state index contributed by atoms with van der Waals surface area (Å²) in [6.07, 6.45) is -4.67. The highest BCUT2D eigenvalue weighted by molar-refractivity contribution is 5.97. The first-order chi connectivity index (χ1) is 13.3. The molecule has 1 fully saturated rings. The fraction of sp³-hybridized carbons (Fsp3) is 0.389. The summed E-state index contributed by atoms with van der Waals surface area (Å²) < 4.78 is 55.5. The van der Waals surface area contributed by atoms with Crippen LogP contribution in [-0.2, 0) is 6.42 Å². The molecule has 1 saturated heterocycles. The minimum atomic E-state index is -4.73. The normalized spacial score (nSPS) is 19.9. The van der Waals surface area contributed by atoms with Crippen LogP contribution in [-0.4, -0.2) is 57.6 Å². The van der Waals surface area contributed by atoms with Gasteiger partial charge in [0.2, 0.25) is 0 Å². The Hall–Kier alpha value is -2.75. The molecule has 1 aromatic heterocycles. The first-order valence-electron chi connectivity index (χ1n) is 8.44. The number of alkyl halides is 4. The van der Waals surface area contributed by atoms with E-state index in [1.807, 2.05) is 0 Å². The van der Waals surface area contributed by atoms with Crippen molar-refractivity contribution in [3.63, 3.8) is 0 Å². The lowest BCUT2D eigenvalue weighted by Gasteiger charge is -2.21. The van der Waals surface area contributed by atoms with E-state index in [4.69, 9.17) is 0 Å². The molecular weight excluding hydrogens is 382 g/mol. The SMILES string of the molecule is O=C(c1ccccc1OC(F)(F)C(F)F)N1C[C@@H](Cc2cnccn2)[C@H](O)C1. The summed E-state index contributed by atoms with van der Waals surface area (Å²) in [7, 11) is 0. The molecule has 1 aliphatic heterocycles. The quantitative estimate of drug-likeness (QED) is 0.755. The Bertz CT molecular complexity index is 823. The highest BCUT2D eigenvalue weighted by Gasteiger charge is 2.45. The van der Waals surface area contributed by atoms with Gasteiger partial charge in [-0.1, -0.05) is 12.1 Å². The van der Waals surface area contributed by atoms with E-state index in [-0.39, 0.29) is 24.6 Å². The van der Waals surface area contributed by atoms with Crippen molar-refractivity contribution in [3.8, 4) is 5.75 Å². The van der Waals surface area contributed by atoms with Crippen LogP contribution in [0.2, 0.25) is 0 Å². The average molecular weight is 399 g/mol. The van der Waals surface area contributed by atoms with Gasteiger partial charge < -0.3 is 14.7 Å². The first kappa shape index (κ1) is 20.0. The lowest BCUT2D eigenvalue weighted by Crippen LogP contribution is -2.35. The van der Waals surface area contributed by atoms with E-state index >= 15 is 0 Å². The van der Waals surface area contributed by atoms with Crippen LogP contribution in [0.15, 0.2) is 42.9 Å². The Balaban J connectivity index is 1.74. The number of β-amino-alcohol motifs (C(OH)–C–C–N with tert-alkyl or cyclic N) is 1. The van der Waals surface area contributed by atoms with Crippen molar-refractivity contribution in [2.45, 2.75) is 25.1 Å². The number of aliphatic hydroxyl groups is 1. The summed E-state index contributed by atoms with van der Waals surface area (Å²) in [6, 6.07) is 4.93. The predicted molar refractivity (Wildman–Crippen MR) is 89.2 cm³/mol. The summed E-state index contributed by atoms with van der Waals surface area (Å²) in [4.78, 5) is 22.1. The van der Waals surface area contributed by atoms with Crippen LogP contribution in [0.4, 0.5) is 17.6 Å². The molecule has 1 aliphatic rings. The van der Waals surface area contributed by atoms with E-state index in [0.29, 0.717) is 12.1 Å². The molecule has 150 valence electrons. The standard InChI is InChI=1S/C18H17F4N3O3/c19-17(20)18(21,22)28-15-4-2-1-3-13(15)16(27)25-9-11(14(26)10-25)7-12-8-23-5-6-24-12/h1-6,8,11,14,17,26H,7,9-10H2/t11-,14-/m1/s1. The van der Waals surface area contributed by atoms with Gasteiger partial charge in [0.15, 0.2) is 0 Å². The Labute approximate surface area is 157 Å². The van der Waals surface area contributed by atoms with Gasteiger partial charge in [-0.05, 0) is 18.6 Å². The number of likely N-dealkylation sites (tertiary alicyclic amines) is 1. The largest absolute Gasteiger partial charge is 0.461 e. The van der Waals surface area contributed by atoms with E-state index in [1.165, 1.54) is 35.5 Å². The molecule has 2 atom stereocenters. The molecule has 0 bridgehead atoms. The van der Waals surface area contributed by atoms with Crippen molar-refractivity contribution in [1.29, 1.82) is 0 Å². The number of halogens is 4. The molecule has 0 saturated carbocycles. The van der Waals surface area contributed by atoms with Crippen LogP contribution in [0, 0.1) is 5.92 Å². The second-order valence-corrected chi connectivity index (χ2v) is 6.40. The van der Waals surface area contributed by atoms with Gasteiger partial charge in [0, 0.05) is 37.6 Å². The van der Waals surface area contributed by atoms with Crippen LogP contribution in [0.25, 0.3) is 0 Å². The number of benzene rings is 1. The van der Waals surface area contributed by atoms with Crippen molar-refractivity contribution in [3.05, 3.63) is 54.1 Å². The van der Waals surface area contributed by atoms with Crippen LogP contribution in [0.1, 0.15) is 16.1 Å². The molecule has 0 radical (unpaired) electrons. The van der Waals surface area contributed by atoms with Crippen molar-refractivity contribution in [2.75, 3.05) is 13.1 Å². The predicted octanol–water partition coefficient (Wildman–Crippen LogP) is 2.39. The topological polar surface area (TPSA) is 75.5 Å². The third kappa shape index (κ3) is 4.38. The first-order valence-corrected chi connectivity index (χ1v) is 8.44. The van der Waals surface area contributed by atoms with Crippen molar-refractivity contribution < 1.29 is 32.2 Å². The number of aliphatic hydroxyl groups excluding tert-OH is 1. The van der Waals surface area contributed by atoms with Crippen molar-refractivity contribution in [2.24, 2.45) is 5.92 Å². The summed E-state index contributed by atoms with van der Waals surface area (Å²) in [5, 5.41) is 10.3. The number of hydrogen-bond acceptors (Lipinski definition) is 5. The number of nitrogens with zero attached hydrogens (tertiary/aromatic N) is 3. The highest BCUT2D eigenvalue weighted by atomic mass is 19.3. The zero-order chi connectivity index (χ0) is 20.3. The number of amides is 1. The third-order valence-electron chi connectivity index (χ3n) is 4.40. The lowest BCUT2D eigenvalue weighted by molar-refractivity contribution is -0.253. The highest BCUT2D eigenvalue weighted by Crippen LogP contribution is 2.31. The van der Waals surface area contributed by atoms with E-state index in [2.05, 4.69) is 14.7 Å². The van der Waals surface area contributed by atoms with Gasteiger partial charge in [0.25, 0.3) is 5.91 Å². The second-order valence-electron chi connectivity index (χ2n) is 6.40. The average Bonchev–Trinajstić information content (AvgIpc) is 3.02. The molecule has 1 N–H and O–H groups in total. The van der Waals surface area contributed by atoms with Gasteiger partial charge in [0.05, 0.1) is 17.4 Å². The molecule has 28 heavy (non-hydrogen) atoms. The number of para-hydroxylation sites is 1. The maximum absolute atomic E-state index is 13.3. The third-order valence-corrected chi connectivity index (χ3v) is 4.40. The van der Waals surface area contributed by atoms with Gasteiger partial charge in [-0.2, -0.15) is 17.6 Å². The Kier molecular flexibility index (Phi) is 5.78. The number of carbonyl (C=O) groups excluding carboxylic acids is 1. The van der Waals surface area contributed by atoms with Crippen molar-refractivity contribution >= 4 is 5.91 Å². The molecule has 10 heteroatoms. The fourth-order valence-corrected chi connectivity index (χ4v) is 3.02. The second kappa shape index (κ2) is 8.09. The van der Waals surface area contributed by atoms with Gasteiger partial charge in [0.1, 0.15) is 5.75 Å². The zero-order valence-corrected chi connectivity index (χ0v) is 14.5. The Morgan fingerprint density at radius 3 is 2.71 bits per heavy atom. The minimum absolute atomic E-state index is 0.0245. The molecule has 0 unspecified atom stereocenters. The molecule has 1 aromatic carbocycles. The smallest absolute Gasteiger partial charge is 0.427 e. The molecule has 0 spiro atoms. The minimum Gasteiger partial charge on any atom is -0.427 e. The van der Waals surface area contributed by atoms with Gasteiger partial charge in [-0.25, -0.2) is 0 Å². The molecule has 1 amide bonds. The van der Waals surface area contributed by atoms with Gasteiger partial charge >= 0.3 is 12.5 Å². The maximum Gasteiger partial charge on any atom is 0.461 e. The van der Waals surface area contributed by atoms with Gasteiger partial charge in [-0.3, -0.25) is 14.8 Å². The van der Waals surface area contributed by atoms with Crippen LogP contribution < -0.4 is 4.74 Å². The number of hydrogen-bond donors (Lipinski definition) is 1. The van der Waals surface area contributed by atoms with Crippen LogP contribution in [0.3, 0.4) is 0 Å². The maximum atomic E-state index is 13.3. The van der Waals surface area contributed by atoms with Crippen LogP contribution in [0.5, 0.6) is 5.75 Å². The molecular formula is C18H17F4N3O3. The molecule has 6 nitrogen and oxygen atoms in total. The van der Waals surface area contributed by atoms with E-state index < -0.39 is 30.3 Å². The zero-order valence-electron chi connectivity index (χ0n) is 14.5. The fourth-order valence-electron chi connectivity index (χ4n) is 3.02. The van der Waals surface area contributed by atoms with Crippen molar-refractivity contribution in [1.82, 2.24) is 14.9 Å². The van der Waals surface area contributed by atoms with E-state index in [9.17, 15) is 27.5 Å². The summed E-state index contributed by atoms with van der Waals surface area (Å²) in [5.41, 5.74) is 0.358. The van der Waals surface area contributed by atoms with Crippen LogP contribution >= 0.6 is 0 Å². The van der Waals surface area contributed by atoms with E-state index in [0.717, 1.165) is 6.07 Å². The lowest BCUT2D eigenvalue weighted by atomic mass is 10.0. The molecule has 0 aliphatic carbocycles. The summed E-state index contributed by atoms with van der Waals surface area (Å²) in [6.45, 7) is 0.124. The number of carbonyl (C=O) groups is 1. The number of ether oxygens (including phenoxy) is 1. The summed E-state index contributed by atoms with van der Waals surface area (Å²) in [5.74, 6) is -1.66. The Morgan fingerprint density at radius 2 is 2.04 bits per heavy atom. The number of rotatable bonds is 6. The summed E-state index contributed by atoms with van der Waals surface area (Å²) >= 11 is 0. The monoisotopic (exact) mass is 399 g/mol. The Morgan fingerprint density at radius 1 is 1.29 bits per heavy atom. The van der Waals surface area contributed by atoms with E-state index in [1.54, 1.807) is 6.20 Å². The molecule has 3 rings (SSSR count). The van der Waals surface area contributed by atoms with Gasteiger partial charge in [-0.15, -0.1) is 0 Å². The molecule has 2 aromatic rings. The number of aromatic nitrogens is 2.